The van der Waals surface area contributed by atoms with Crippen molar-refractivity contribution >= 4 is 33.5 Å². The molecule has 28 heavy (non-hydrogen) atoms. The van der Waals surface area contributed by atoms with E-state index in [2.05, 4.69) is 22.0 Å². The number of allylic oxidation sites excluding steroid dienone is 1. The van der Waals surface area contributed by atoms with Crippen LogP contribution in [0.1, 0.15) is 27.0 Å². The molecule has 4 nitrogen and oxygen atoms in total. The van der Waals surface area contributed by atoms with E-state index in [1.54, 1.807) is 12.1 Å². The van der Waals surface area contributed by atoms with E-state index >= 15 is 0 Å². The average molecular weight is 433 g/mol. The number of carbonyl (C=O) groups excluding carboxylic acids is 1. The third-order valence-electron chi connectivity index (χ3n) is 4.03. The summed E-state index contributed by atoms with van der Waals surface area (Å²) in [6.45, 7) is 0.249. The van der Waals surface area contributed by atoms with Crippen LogP contribution in [0.3, 0.4) is 0 Å². The van der Waals surface area contributed by atoms with Crippen molar-refractivity contribution in [2.75, 3.05) is 0 Å². The molecule has 0 bridgehead atoms. The quantitative estimate of drug-likeness (QED) is 0.425. The summed E-state index contributed by atoms with van der Waals surface area (Å²) in [5.41, 5.74) is 3.16. The van der Waals surface area contributed by atoms with E-state index in [1.165, 1.54) is 12.1 Å². The summed E-state index contributed by atoms with van der Waals surface area (Å²) in [6, 6.07) is 23.6. The van der Waals surface area contributed by atoms with E-state index in [1.807, 2.05) is 54.6 Å². The molecule has 138 valence electrons. The monoisotopic (exact) mass is 432 g/mol. The van der Waals surface area contributed by atoms with Gasteiger partial charge in [-0.3, -0.25) is 0 Å². The Labute approximate surface area is 171 Å². The first kappa shape index (κ1) is 19.4. The summed E-state index contributed by atoms with van der Waals surface area (Å²) in [6.07, 6.45) is 1.82. The van der Waals surface area contributed by atoms with Crippen molar-refractivity contribution in [3.8, 4) is 11.8 Å². The molecule has 0 unspecified atom stereocenters. The van der Waals surface area contributed by atoms with E-state index in [9.17, 15) is 15.2 Å². The molecule has 3 rings (SSSR count). The topological polar surface area (TPSA) is 73.1 Å². The Balaban J connectivity index is 1.69. The zero-order chi connectivity index (χ0) is 19.9. The summed E-state index contributed by atoms with van der Waals surface area (Å²) in [5.74, 6) is -0.560. The molecule has 0 atom stereocenters. The highest BCUT2D eigenvalue weighted by Gasteiger charge is 2.02. The van der Waals surface area contributed by atoms with E-state index in [-0.39, 0.29) is 12.2 Å². The van der Waals surface area contributed by atoms with Gasteiger partial charge in [0.05, 0.1) is 17.6 Å². The van der Waals surface area contributed by atoms with Crippen molar-refractivity contribution in [2.45, 2.75) is 6.61 Å². The second kappa shape index (κ2) is 9.03. The number of nitrogens with zero attached hydrogens (tertiary/aromatic N) is 1. The van der Waals surface area contributed by atoms with Crippen LogP contribution in [0.4, 0.5) is 0 Å². The maximum atomic E-state index is 10.9. The van der Waals surface area contributed by atoms with Gasteiger partial charge < -0.3 is 14.6 Å². The Morgan fingerprint density at radius 3 is 2.39 bits per heavy atom. The maximum absolute atomic E-state index is 10.9. The highest BCUT2D eigenvalue weighted by molar-refractivity contribution is 9.10. The number of carboxylic acid groups (broad SMARTS) is 1. The molecule has 0 spiro atoms. The number of carbonyl (C=O) groups is 1. The van der Waals surface area contributed by atoms with Crippen LogP contribution in [-0.2, 0) is 6.61 Å². The van der Waals surface area contributed by atoms with Crippen molar-refractivity contribution in [2.24, 2.45) is 0 Å². The Hall–Kier alpha value is -3.36. The van der Waals surface area contributed by atoms with Gasteiger partial charge in [-0.05, 0) is 58.7 Å². The molecule has 0 saturated carbocycles. The molecule has 0 fully saturated rings. The van der Waals surface area contributed by atoms with Crippen LogP contribution in [0, 0.1) is 11.3 Å². The van der Waals surface area contributed by atoms with E-state index < -0.39 is 5.97 Å². The van der Waals surface area contributed by atoms with Crippen LogP contribution >= 0.6 is 15.9 Å². The smallest absolute Gasteiger partial charge is 0.119 e. The van der Waals surface area contributed by atoms with Crippen LogP contribution in [0.25, 0.3) is 11.6 Å². The number of rotatable bonds is 6. The fourth-order valence-electron chi connectivity index (χ4n) is 2.59. The number of halogens is 1. The molecule has 3 aromatic rings. The van der Waals surface area contributed by atoms with Gasteiger partial charge in [-0.1, -0.05) is 58.4 Å². The van der Waals surface area contributed by atoms with Crippen molar-refractivity contribution in [3.05, 3.63) is 99.5 Å². The van der Waals surface area contributed by atoms with Crippen LogP contribution in [-0.4, -0.2) is 5.97 Å². The van der Waals surface area contributed by atoms with E-state index in [0.717, 1.165) is 21.2 Å². The van der Waals surface area contributed by atoms with Gasteiger partial charge in [-0.25, -0.2) is 0 Å². The Morgan fingerprint density at radius 2 is 1.75 bits per heavy atom. The predicted octanol–water partition coefficient (Wildman–Crippen LogP) is 4.46. The zero-order valence-electron chi connectivity index (χ0n) is 14.8. The molecular weight excluding hydrogens is 418 g/mol. The van der Waals surface area contributed by atoms with Gasteiger partial charge in [0.1, 0.15) is 12.4 Å². The molecule has 0 aliphatic carbocycles. The molecule has 0 aromatic heterocycles. The summed E-state index contributed by atoms with van der Waals surface area (Å²) >= 11 is 3.39. The van der Waals surface area contributed by atoms with Gasteiger partial charge in [0.25, 0.3) is 0 Å². The third-order valence-corrected chi connectivity index (χ3v) is 4.56. The fourth-order valence-corrected chi connectivity index (χ4v) is 2.86. The molecule has 0 radical (unpaired) electrons. The summed E-state index contributed by atoms with van der Waals surface area (Å²) < 4.78 is 6.67. The molecule has 0 amide bonds. The molecule has 0 aliphatic rings. The van der Waals surface area contributed by atoms with Crippen molar-refractivity contribution < 1.29 is 14.6 Å². The molecule has 5 heteroatoms. The highest BCUT2D eigenvalue weighted by atomic mass is 79.9. The molecule has 0 N–H and O–H groups in total. The van der Waals surface area contributed by atoms with Gasteiger partial charge in [-0.2, -0.15) is 5.26 Å². The predicted molar refractivity (Wildman–Crippen MR) is 109 cm³/mol. The number of hydrogen-bond acceptors (Lipinski definition) is 4. The number of hydrogen-bond donors (Lipinski definition) is 0. The second-order valence-electron chi connectivity index (χ2n) is 6.02. The Bertz CT molecular complexity index is 1050. The maximum Gasteiger partial charge on any atom is 0.119 e. The van der Waals surface area contributed by atoms with Crippen molar-refractivity contribution in [1.82, 2.24) is 0 Å². The minimum absolute atomic E-state index is 0.124. The van der Waals surface area contributed by atoms with Crippen LogP contribution < -0.4 is 9.84 Å². The minimum Gasteiger partial charge on any atom is -0.545 e. The first-order valence-corrected chi connectivity index (χ1v) is 9.25. The summed E-state index contributed by atoms with van der Waals surface area (Å²) in [4.78, 5) is 10.9. The third kappa shape index (κ3) is 5.09. The molecular formula is C23H15BrNO3-. The lowest BCUT2D eigenvalue weighted by atomic mass is 10.0. The lowest BCUT2D eigenvalue weighted by Crippen LogP contribution is -2.22. The molecule has 0 saturated heterocycles. The van der Waals surface area contributed by atoms with Crippen LogP contribution in [0.2, 0.25) is 0 Å². The van der Waals surface area contributed by atoms with E-state index in [4.69, 9.17) is 4.74 Å². The first-order chi connectivity index (χ1) is 13.5. The number of benzene rings is 3. The summed E-state index contributed by atoms with van der Waals surface area (Å²) in [5, 5.41) is 20.3. The first-order valence-electron chi connectivity index (χ1n) is 8.46. The van der Waals surface area contributed by atoms with Crippen LogP contribution in [0.5, 0.6) is 5.75 Å². The van der Waals surface area contributed by atoms with Gasteiger partial charge in [0.15, 0.2) is 0 Å². The van der Waals surface area contributed by atoms with Crippen LogP contribution in [0.15, 0.2) is 77.3 Å². The molecule has 3 aromatic carbocycles. The largest absolute Gasteiger partial charge is 0.545 e. The van der Waals surface area contributed by atoms with Gasteiger partial charge >= 0.3 is 0 Å². The van der Waals surface area contributed by atoms with Gasteiger partial charge in [0, 0.05) is 4.47 Å². The molecule has 0 heterocycles. The van der Waals surface area contributed by atoms with E-state index in [0.29, 0.717) is 11.3 Å². The number of carboxylic acids is 1. The normalized spacial score (nSPS) is 10.9. The van der Waals surface area contributed by atoms with Crippen molar-refractivity contribution in [3.63, 3.8) is 0 Å². The fraction of sp³-hybridized carbons (Fsp3) is 0.0435. The highest BCUT2D eigenvalue weighted by Crippen LogP contribution is 2.22. The number of nitriles is 1. The second-order valence-corrected chi connectivity index (χ2v) is 6.94. The lowest BCUT2D eigenvalue weighted by molar-refractivity contribution is -0.255. The summed E-state index contributed by atoms with van der Waals surface area (Å²) in [7, 11) is 0. The SMILES string of the molecule is N#C/C(=C/c1ccc(OCc2cccc(C(=O)[O-])c2)cc1)c1ccc(Br)cc1. The lowest BCUT2D eigenvalue weighted by Gasteiger charge is -2.09. The number of aromatic carboxylic acids is 1. The standard InChI is InChI=1S/C23H16BrNO3/c24-21-8-6-18(7-9-21)20(14-25)12-16-4-10-22(11-5-16)28-15-17-2-1-3-19(13-17)23(26)27/h1-13H,15H2,(H,26,27)/p-1/b20-12-. The van der Waals surface area contributed by atoms with Gasteiger partial charge in [-0.15, -0.1) is 0 Å². The molecule has 0 aliphatic heterocycles. The van der Waals surface area contributed by atoms with Crippen molar-refractivity contribution in [1.29, 1.82) is 5.26 Å². The Kier molecular flexibility index (Phi) is 6.25. The average Bonchev–Trinajstić information content (AvgIpc) is 2.72. The Morgan fingerprint density at radius 1 is 1.04 bits per heavy atom. The zero-order valence-corrected chi connectivity index (χ0v) is 16.3. The number of ether oxygens (including phenoxy) is 1. The van der Waals surface area contributed by atoms with Gasteiger partial charge in [0.2, 0.25) is 0 Å². The minimum atomic E-state index is -1.21.